The monoisotopic (exact) mass is 307 g/mol. The second-order valence-corrected chi connectivity index (χ2v) is 5.39. The van der Waals surface area contributed by atoms with Crippen LogP contribution >= 0.6 is 0 Å². The topological polar surface area (TPSA) is 113 Å². The minimum atomic E-state index is -1.05. The Kier molecular flexibility index (Phi) is 6.37. The van der Waals surface area contributed by atoms with Gasteiger partial charge in [0.1, 0.15) is 6.54 Å². The molecule has 0 aliphatic heterocycles. The number of nitrogens with one attached hydrogen (secondary N) is 1. The largest absolute Gasteiger partial charge is 0.480 e. The fraction of sp³-hybridized carbons (Fsp3) is 0.400. The molecule has 3 amide bonds. The Morgan fingerprint density at radius 2 is 1.82 bits per heavy atom. The maximum atomic E-state index is 12.4. The number of urea groups is 1. The minimum Gasteiger partial charge on any atom is -0.480 e. The number of carbonyl (C=O) groups excluding carboxylic acids is 2. The van der Waals surface area contributed by atoms with Gasteiger partial charge in [-0.15, -0.1) is 0 Å². The summed E-state index contributed by atoms with van der Waals surface area (Å²) in [6.07, 6.45) is 0. The van der Waals surface area contributed by atoms with Crippen molar-refractivity contribution in [1.82, 2.24) is 10.2 Å². The number of benzene rings is 1. The van der Waals surface area contributed by atoms with Crippen LogP contribution in [-0.2, 0) is 11.3 Å². The van der Waals surface area contributed by atoms with Crippen molar-refractivity contribution in [2.24, 2.45) is 11.7 Å². The fourth-order valence-corrected chi connectivity index (χ4v) is 1.96. The molecular formula is C15H21N3O4. The van der Waals surface area contributed by atoms with Crippen molar-refractivity contribution in [1.29, 1.82) is 0 Å². The molecule has 0 saturated carbocycles. The highest BCUT2D eigenvalue weighted by Gasteiger charge is 2.19. The molecule has 7 nitrogen and oxygen atoms in total. The summed E-state index contributed by atoms with van der Waals surface area (Å²) >= 11 is 0. The predicted octanol–water partition coefficient (Wildman–Crippen LogP) is 1.04. The van der Waals surface area contributed by atoms with Gasteiger partial charge in [0.15, 0.2) is 0 Å². The average Bonchev–Trinajstić information content (AvgIpc) is 2.43. The van der Waals surface area contributed by atoms with E-state index in [-0.39, 0.29) is 24.9 Å². The third-order valence-electron chi connectivity index (χ3n) is 2.87. The first kappa shape index (κ1) is 17.5. The molecule has 1 rings (SSSR count). The molecule has 7 heteroatoms. The molecule has 0 aliphatic carbocycles. The second-order valence-electron chi connectivity index (χ2n) is 5.39. The summed E-state index contributed by atoms with van der Waals surface area (Å²) in [7, 11) is 0. The van der Waals surface area contributed by atoms with Crippen molar-refractivity contribution in [2.75, 3.05) is 13.1 Å². The van der Waals surface area contributed by atoms with Gasteiger partial charge in [-0.3, -0.25) is 9.59 Å². The zero-order chi connectivity index (χ0) is 16.7. The molecule has 0 heterocycles. The van der Waals surface area contributed by atoms with Crippen LogP contribution in [0.1, 0.15) is 29.8 Å². The number of carboxylic acids is 1. The van der Waals surface area contributed by atoms with E-state index in [2.05, 4.69) is 5.32 Å². The van der Waals surface area contributed by atoms with E-state index in [9.17, 15) is 14.4 Å². The molecule has 120 valence electrons. The van der Waals surface area contributed by atoms with E-state index in [0.717, 1.165) is 5.56 Å². The Labute approximate surface area is 129 Å². The lowest BCUT2D eigenvalue weighted by molar-refractivity contribution is -0.137. The molecule has 0 aromatic heterocycles. The Balaban J connectivity index is 2.80. The molecule has 1 aromatic rings. The maximum absolute atomic E-state index is 12.4. The van der Waals surface area contributed by atoms with Crippen LogP contribution in [0.25, 0.3) is 0 Å². The summed E-state index contributed by atoms with van der Waals surface area (Å²) in [5, 5.41) is 11.4. The summed E-state index contributed by atoms with van der Waals surface area (Å²) in [6, 6.07) is 5.98. The molecular weight excluding hydrogens is 286 g/mol. The highest BCUT2D eigenvalue weighted by atomic mass is 16.4. The number of carbonyl (C=O) groups is 3. The summed E-state index contributed by atoms with van der Waals surface area (Å²) in [4.78, 5) is 35.2. The minimum absolute atomic E-state index is 0.169. The average molecular weight is 307 g/mol. The Morgan fingerprint density at radius 1 is 1.23 bits per heavy atom. The van der Waals surface area contributed by atoms with Crippen LogP contribution in [0.15, 0.2) is 24.3 Å². The van der Waals surface area contributed by atoms with E-state index < -0.39 is 12.0 Å². The molecule has 0 spiro atoms. The number of nitrogens with zero attached hydrogens (tertiary/aromatic N) is 1. The lowest BCUT2D eigenvalue weighted by Gasteiger charge is -2.22. The van der Waals surface area contributed by atoms with Gasteiger partial charge in [-0.25, -0.2) is 4.79 Å². The van der Waals surface area contributed by atoms with Crippen LogP contribution in [0.5, 0.6) is 0 Å². The van der Waals surface area contributed by atoms with Gasteiger partial charge >= 0.3 is 12.0 Å². The lowest BCUT2D eigenvalue weighted by atomic mass is 10.1. The van der Waals surface area contributed by atoms with Crippen LogP contribution in [0.4, 0.5) is 4.79 Å². The molecule has 0 saturated heterocycles. The third-order valence-corrected chi connectivity index (χ3v) is 2.87. The lowest BCUT2D eigenvalue weighted by Crippen LogP contribution is -2.38. The predicted molar refractivity (Wildman–Crippen MR) is 81.2 cm³/mol. The molecule has 22 heavy (non-hydrogen) atoms. The fourth-order valence-electron chi connectivity index (χ4n) is 1.96. The van der Waals surface area contributed by atoms with Crippen LogP contribution in [0.3, 0.4) is 0 Å². The van der Waals surface area contributed by atoms with E-state index in [1.54, 1.807) is 24.3 Å². The highest BCUT2D eigenvalue weighted by Crippen LogP contribution is 2.10. The van der Waals surface area contributed by atoms with Crippen molar-refractivity contribution in [3.63, 3.8) is 0 Å². The molecule has 0 unspecified atom stereocenters. The number of aliphatic carboxylic acids is 1. The molecule has 0 atom stereocenters. The maximum Gasteiger partial charge on any atom is 0.323 e. The van der Waals surface area contributed by atoms with E-state index in [1.807, 2.05) is 13.8 Å². The number of carboxylic acid groups (broad SMARTS) is 1. The van der Waals surface area contributed by atoms with Crippen molar-refractivity contribution < 1.29 is 19.5 Å². The molecule has 4 N–H and O–H groups in total. The van der Waals surface area contributed by atoms with Gasteiger partial charge in [-0.05, 0) is 23.6 Å². The first-order valence-corrected chi connectivity index (χ1v) is 6.93. The number of hydrogen-bond donors (Lipinski definition) is 3. The van der Waals surface area contributed by atoms with Gasteiger partial charge in [0.25, 0.3) is 5.91 Å². The molecule has 1 aromatic carbocycles. The van der Waals surface area contributed by atoms with Gasteiger partial charge in [0, 0.05) is 18.7 Å². The van der Waals surface area contributed by atoms with E-state index in [0.29, 0.717) is 12.1 Å². The SMILES string of the molecule is CC(C)CN(CC(=O)O)C(=O)c1ccc(CNC(N)=O)cc1. The number of hydrogen-bond acceptors (Lipinski definition) is 3. The summed E-state index contributed by atoms with van der Waals surface area (Å²) < 4.78 is 0. The Bertz CT molecular complexity index is 540. The molecule has 0 bridgehead atoms. The third kappa shape index (κ3) is 5.82. The molecule has 0 radical (unpaired) electrons. The van der Waals surface area contributed by atoms with E-state index in [1.165, 1.54) is 4.90 Å². The number of primary amides is 1. The van der Waals surface area contributed by atoms with E-state index in [4.69, 9.17) is 10.8 Å². The summed E-state index contributed by atoms with van der Waals surface area (Å²) in [5.74, 6) is -1.20. The van der Waals surface area contributed by atoms with E-state index >= 15 is 0 Å². The number of nitrogens with two attached hydrogens (primary N) is 1. The Hall–Kier alpha value is -2.57. The number of rotatable bonds is 7. The van der Waals surface area contributed by atoms with Crippen LogP contribution in [-0.4, -0.2) is 41.0 Å². The van der Waals surface area contributed by atoms with Crippen molar-refractivity contribution in [3.8, 4) is 0 Å². The van der Waals surface area contributed by atoms with Gasteiger partial charge in [0.2, 0.25) is 0 Å². The normalized spacial score (nSPS) is 10.3. The molecule has 0 fully saturated rings. The highest BCUT2D eigenvalue weighted by molar-refractivity contribution is 5.95. The quantitative estimate of drug-likeness (QED) is 0.698. The van der Waals surface area contributed by atoms with Gasteiger partial charge in [0.05, 0.1) is 0 Å². The second kappa shape index (κ2) is 8.02. The smallest absolute Gasteiger partial charge is 0.323 e. The van der Waals surface area contributed by atoms with Crippen LogP contribution in [0, 0.1) is 5.92 Å². The van der Waals surface area contributed by atoms with Gasteiger partial charge in [-0.1, -0.05) is 26.0 Å². The van der Waals surface area contributed by atoms with Crippen molar-refractivity contribution in [3.05, 3.63) is 35.4 Å². The molecule has 0 aliphatic rings. The summed E-state index contributed by atoms with van der Waals surface area (Å²) in [5.41, 5.74) is 6.19. The zero-order valence-corrected chi connectivity index (χ0v) is 12.7. The van der Waals surface area contributed by atoms with Crippen molar-refractivity contribution in [2.45, 2.75) is 20.4 Å². The Morgan fingerprint density at radius 3 is 2.27 bits per heavy atom. The zero-order valence-electron chi connectivity index (χ0n) is 12.7. The van der Waals surface area contributed by atoms with Crippen molar-refractivity contribution >= 4 is 17.9 Å². The van der Waals surface area contributed by atoms with Crippen LogP contribution in [0.2, 0.25) is 0 Å². The first-order chi connectivity index (χ1) is 10.3. The van der Waals surface area contributed by atoms with Gasteiger partial charge in [-0.2, -0.15) is 0 Å². The number of amides is 3. The summed E-state index contributed by atoms with van der Waals surface area (Å²) in [6.45, 7) is 4.15. The van der Waals surface area contributed by atoms with Gasteiger partial charge < -0.3 is 21.1 Å². The standard InChI is InChI=1S/C15H21N3O4/c1-10(2)8-18(9-13(19)20)14(21)12-5-3-11(4-6-12)7-17-15(16)22/h3-6,10H,7-9H2,1-2H3,(H,19,20)(H3,16,17,22). The first-order valence-electron chi connectivity index (χ1n) is 6.93. The van der Waals surface area contributed by atoms with Crippen LogP contribution < -0.4 is 11.1 Å².